The first-order valence-corrected chi connectivity index (χ1v) is 9.84. The van der Waals surface area contributed by atoms with Crippen molar-refractivity contribution in [2.45, 2.75) is 25.3 Å². The van der Waals surface area contributed by atoms with Crippen LogP contribution in [0.3, 0.4) is 0 Å². The zero-order valence-corrected chi connectivity index (χ0v) is 16.1. The number of amides is 1. The van der Waals surface area contributed by atoms with E-state index in [-0.39, 0.29) is 17.9 Å². The molecule has 3 nitrogen and oxygen atoms in total. The Bertz CT molecular complexity index is 906. The molecule has 28 heavy (non-hydrogen) atoms. The van der Waals surface area contributed by atoms with Crippen molar-refractivity contribution in [3.8, 4) is 5.75 Å². The highest BCUT2D eigenvalue weighted by Gasteiger charge is 2.48. The van der Waals surface area contributed by atoms with Gasteiger partial charge in [0.05, 0.1) is 19.1 Å². The van der Waals surface area contributed by atoms with E-state index in [1.165, 1.54) is 11.1 Å². The fraction of sp³-hybridized carbons (Fsp3) is 0.240. The van der Waals surface area contributed by atoms with Crippen LogP contribution in [0.2, 0.25) is 0 Å². The first-order valence-electron chi connectivity index (χ1n) is 9.84. The zero-order valence-electron chi connectivity index (χ0n) is 16.1. The van der Waals surface area contributed by atoms with Crippen molar-refractivity contribution in [3.63, 3.8) is 0 Å². The third-order valence-electron chi connectivity index (χ3n) is 5.53. The second-order valence-electron chi connectivity index (χ2n) is 7.25. The number of nitrogens with zero attached hydrogens (tertiary/aromatic N) is 1. The first kappa shape index (κ1) is 18.3. The van der Waals surface area contributed by atoms with E-state index in [9.17, 15) is 4.79 Å². The molecule has 4 rings (SSSR count). The Morgan fingerprint density at radius 2 is 1.50 bits per heavy atom. The Morgan fingerprint density at radius 1 is 0.857 bits per heavy atom. The van der Waals surface area contributed by atoms with Crippen LogP contribution in [0.5, 0.6) is 5.75 Å². The fourth-order valence-electron chi connectivity index (χ4n) is 4.06. The van der Waals surface area contributed by atoms with Crippen molar-refractivity contribution in [2.75, 3.05) is 12.0 Å². The van der Waals surface area contributed by atoms with Crippen LogP contribution in [-0.4, -0.2) is 13.0 Å². The van der Waals surface area contributed by atoms with Crippen LogP contribution < -0.4 is 9.64 Å². The molecule has 0 spiro atoms. The number of hydrogen-bond acceptors (Lipinski definition) is 2. The number of ether oxygens (including phenoxy) is 1. The maximum atomic E-state index is 13.0. The van der Waals surface area contributed by atoms with E-state index < -0.39 is 0 Å². The van der Waals surface area contributed by atoms with E-state index in [1.54, 1.807) is 7.11 Å². The number of carbonyl (C=O) groups excluding carboxylic acids is 1. The second kappa shape index (κ2) is 8.30. The van der Waals surface area contributed by atoms with Gasteiger partial charge in [0.25, 0.3) is 0 Å². The van der Waals surface area contributed by atoms with Crippen LogP contribution in [0.15, 0.2) is 84.9 Å². The van der Waals surface area contributed by atoms with Gasteiger partial charge in [-0.1, -0.05) is 60.7 Å². The highest BCUT2D eigenvalue weighted by molar-refractivity contribution is 6.03. The van der Waals surface area contributed by atoms with Gasteiger partial charge in [-0.3, -0.25) is 4.79 Å². The molecule has 3 aromatic rings. The standard InChI is InChI=1S/C25H25NO2/c1-28-22-17-15-21(16-18-22)26-24(20-12-6-3-7-13-20)23(25(26)27)14-8-11-19-9-4-2-5-10-19/h2-7,9-10,12-13,15-18,23-24H,8,11,14H2,1H3/t23-,24-/m0/s1. The molecule has 3 heteroatoms. The zero-order chi connectivity index (χ0) is 19.3. The van der Waals surface area contributed by atoms with Crippen LogP contribution in [0.25, 0.3) is 0 Å². The molecule has 142 valence electrons. The average molecular weight is 371 g/mol. The minimum absolute atomic E-state index is 0.0354. The quantitative estimate of drug-likeness (QED) is 0.519. The van der Waals surface area contributed by atoms with Gasteiger partial charge in [-0.2, -0.15) is 0 Å². The van der Waals surface area contributed by atoms with Gasteiger partial charge in [-0.15, -0.1) is 0 Å². The predicted molar refractivity (Wildman–Crippen MR) is 113 cm³/mol. The van der Waals surface area contributed by atoms with Crippen LogP contribution in [0.4, 0.5) is 5.69 Å². The topological polar surface area (TPSA) is 29.5 Å². The smallest absolute Gasteiger partial charge is 0.233 e. The molecular formula is C25H25NO2. The summed E-state index contributed by atoms with van der Waals surface area (Å²) in [5.41, 5.74) is 3.46. The third-order valence-corrected chi connectivity index (χ3v) is 5.53. The summed E-state index contributed by atoms with van der Waals surface area (Å²) in [7, 11) is 1.65. The number of methoxy groups -OCH3 is 1. The number of hydrogen-bond donors (Lipinski definition) is 0. The molecule has 3 aromatic carbocycles. The number of β-lactam (4-membered cyclic amide) rings is 1. The number of benzene rings is 3. The summed E-state index contributed by atoms with van der Waals surface area (Å²) in [5, 5.41) is 0. The van der Waals surface area contributed by atoms with Gasteiger partial charge in [-0.05, 0) is 54.7 Å². The molecule has 2 atom stereocenters. The van der Waals surface area contributed by atoms with E-state index >= 15 is 0 Å². The molecule has 0 saturated carbocycles. The van der Waals surface area contributed by atoms with E-state index in [0.29, 0.717) is 0 Å². The lowest BCUT2D eigenvalue weighted by atomic mass is 9.78. The van der Waals surface area contributed by atoms with E-state index in [2.05, 4.69) is 36.4 Å². The third kappa shape index (κ3) is 3.65. The minimum Gasteiger partial charge on any atom is -0.497 e. The van der Waals surface area contributed by atoms with E-state index in [1.807, 2.05) is 53.4 Å². The number of carbonyl (C=O) groups is 1. The Hall–Kier alpha value is -3.07. The van der Waals surface area contributed by atoms with Gasteiger partial charge in [0.1, 0.15) is 5.75 Å². The van der Waals surface area contributed by atoms with Gasteiger partial charge in [0, 0.05) is 5.69 Å². The van der Waals surface area contributed by atoms with Crippen molar-refractivity contribution in [2.24, 2.45) is 5.92 Å². The SMILES string of the molecule is COc1ccc(N2C(=O)[C@@H](CCCc3ccccc3)[C@@H]2c2ccccc2)cc1. The number of aryl methyl sites for hydroxylation is 1. The molecule has 0 radical (unpaired) electrons. The molecule has 1 amide bonds. The van der Waals surface area contributed by atoms with E-state index in [0.717, 1.165) is 30.7 Å². The van der Waals surface area contributed by atoms with Crippen LogP contribution in [-0.2, 0) is 11.2 Å². The molecular weight excluding hydrogens is 346 g/mol. The summed E-state index contributed by atoms with van der Waals surface area (Å²) in [6.45, 7) is 0. The van der Waals surface area contributed by atoms with Gasteiger partial charge in [0.2, 0.25) is 5.91 Å². The lowest BCUT2D eigenvalue weighted by Crippen LogP contribution is -2.55. The van der Waals surface area contributed by atoms with Gasteiger partial charge in [-0.25, -0.2) is 0 Å². The molecule has 1 aliphatic rings. The highest BCUT2D eigenvalue weighted by Crippen LogP contribution is 2.45. The molecule has 1 aliphatic heterocycles. The highest BCUT2D eigenvalue weighted by atomic mass is 16.5. The number of rotatable bonds is 7. The van der Waals surface area contributed by atoms with Crippen LogP contribution in [0, 0.1) is 5.92 Å². The monoisotopic (exact) mass is 371 g/mol. The first-order chi connectivity index (χ1) is 13.8. The Labute approximate surface area is 166 Å². The average Bonchev–Trinajstić information content (AvgIpc) is 2.76. The number of anilines is 1. The van der Waals surface area contributed by atoms with Crippen molar-refractivity contribution in [1.29, 1.82) is 0 Å². The molecule has 0 aliphatic carbocycles. The molecule has 0 aromatic heterocycles. The maximum Gasteiger partial charge on any atom is 0.233 e. The summed E-state index contributed by atoms with van der Waals surface area (Å²) in [6, 6.07) is 28.7. The summed E-state index contributed by atoms with van der Waals surface area (Å²) in [6.07, 6.45) is 2.93. The Kier molecular flexibility index (Phi) is 5.43. The predicted octanol–water partition coefficient (Wildman–Crippen LogP) is 5.42. The normalized spacial score (nSPS) is 18.6. The van der Waals surface area contributed by atoms with Crippen molar-refractivity contribution in [3.05, 3.63) is 96.1 Å². The Morgan fingerprint density at radius 3 is 2.14 bits per heavy atom. The van der Waals surface area contributed by atoms with Crippen molar-refractivity contribution >= 4 is 11.6 Å². The molecule has 0 bridgehead atoms. The summed E-state index contributed by atoms with van der Waals surface area (Å²) in [5.74, 6) is 1.05. The summed E-state index contributed by atoms with van der Waals surface area (Å²) in [4.78, 5) is 15.0. The maximum absolute atomic E-state index is 13.0. The second-order valence-corrected chi connectivity index (χ2v) is 7.25. The van der Waals surface area contributed by atoms with Crippen LogP contribution in [0.1, 0.15) is 30.0 Å². The molecule has 1 saturated heterocycles. The molecule has 1 fully saturated rings. The fourth-order valence-corrected chi connectivity index (χ4v) is 4.06. The summed E-state index contributed by atoms with van der Waals surface area (Å²) >= 11 is 0. The molecule has 1 heterocycles. The van der Waals surface area contributed by atoms with Crippen LogP contribution >= 0.6 is 0 Å². The van der Waals surface area contributed by atoms with E-state index in [4.69, 9.17) is 4.74 Å². The molecule has 0 N–H and O–H groups in total. The largest absolute Gasteiger partial charge is 0.497 e. The lowest BCUT2D eigenvalue weighted by Gasteiger charge is -2.47. The van der Waals surface area contributed by atoms with Gasteiger partial charge < -0.3 is 9.64 Å². The van der Waals surface area contributed by atoms with Gasteiger partial charge >= 0.3 is 0 Å². The molecule has 0 unspecified atom stereocenters. The van der Waals surface area contributed by atoms with Crippen molar-refractivity contribution < 1.29 is 9.53 Å². The van der Waals surface area contributed by atoms with Gasteiger partial charge in [0.15, 0.2) is 0 Å². The summed E-state index contributed by atoms with van der Waals surface area (Å²) < 4.78 is 5.25. The van der Waals surface area contributed by atoms with Crippen molar-refractivity contribution in [1.82, 2.24) is 0 Å². The minimum atomic E-state index is 0.0354. The Balaban J connectivity index is 1.52. The lowest BCUT2D eigenvalue weighted by molar-refractivity contribution is -0.130.